The first kappa shape index (κ1) is 14.5. The summed E-state index contributed by atoms with van der Waals surface area (Å²) in [4.78, 5) is 8.46. The highest BCUT2D eigenvalue weighted by Gasteiger charge is 2.05. The molecule has 0 amide bonds. The minimum Gasteiger partial charge on any atom is -0.481 e. The molecule has 0 saturated heterocycles. The summed E-state index contributed by atoms with van der Waals surface area (Å²) in [5.41, 5.74) is 1.11. The average Bonchev–Trinajstić information content (AvgIpc) is 2.86. The Morgan fingerprint density at radius 1 is 1.25 bits per heavy atom. The standard InChI is InChI=1S/C14H21N5O/c1-11(2)9-19-13(17-10-18-19)8-15-6-12-4-5-14(20-3)16-7-12/h4-5,7,10-11,15H,6,8-9H2,1-3H3. The second-order valence-electron chi connectivity index (χ2n) is 5.06. The quantitative estimate of drug-likeness (QED) is 0.832. The molecule has 20 heavy (non-hydrogen) atoms. The highest BCUT2D eigenvalue weighted by atomic mass is 16.5. The topological polar surface area (TPSA) is 64.9 Å². The fraction of sp³-hybridized carbons (Fsp3) is 0.500. The van der Waals surface area contributed by atoms with Gasteiger partial charge in [0.1, 0.15) is 12.2 Å². The molecule has 0 aliphatic heterocycles. The van der Waals surface area contributed by atoms with Gasteiger partial charge in [-0.15, -0.1) is 0 Å². The predicted octanol–water partition coefficient (Wildman–Crippen LogP) is 1.63. The molecule has 0 fully saturated rings. The van der Waals surface area contributed by atoms with E-state index in [2.05, 4.69) is 34.2 Å². The van der Waals surface area contributed by atoms with Gasteiger partial charge in [-0.3, -0.25) is 0 Å². The third kappa shape index (κ3) is 4.03. The first-order valence-corrected chi connectivity index (χ1v) is 6.75. The van der Waals surface area contributed by atoms with Crippen molar-refractivity contribution in [1.29, 1.82) is 0 Å². The van der Waals surface area contributed by atoms with Crippen LogP contribution in [0.3, 0.4) is 0 Å². The molecular weight excluding hydrogens is 254 g/mol. The van der Waals surface area contributed by atoms with Crippen LogP contribution in [-0.2, 0) is 19.6 Å². The van der Waals surface area contributed by atoms with Crippen molar-refractivity contribution in [1.82, 2.24) is 25.1 Å². The first-order chi connectivity index (χ1) is 9.69. The van der Waals surface area contributed by atoms with Crippen molar-refractivity contribution >= 4 is 0 Å². The van der Waals surface area contributed by atoms with Crippen LogP contribution >= 0.6 is 0 Å². The Kier molecular flexibility index (Phi) is 5.06. The summed E-state index contributed by atoms with van der Waals surface area (Å²) < 4.78 is 6.98. The fourth-order valence-electron chi connectivity index (χ4n) is 1.88. The largest absolute Gasteiger partial charge is 0.481 e. The molecule has 2 aromatic heterocycles. The summed E-state index contributed by atoms with van der Waals surface area (Å²) in [6.07, 6.45) is 3.42. The SMILES string of the molecule is COc1ccc(CNCc2ncnn2CC(C)C)cn1. The zero-order chi connectivity index (χ0) is 14.4. The minimum atomic E-state index is 0.557. The number of methoxy groups -OCH3 is 1. The van der Waals surface area contributed by atoms with Crippen LogP contribution in [-0.4, -0.2) is 26.9 Å². The Balaban J connectivity index is 1.84. The molecule has 0 aromatic carbocycles. The van der Waals surface area contributed by atoms with E-state index < -0.39 is 0 Å². The molecular formula is C14H21N5O. The van der Waals surface area contributed by atoms with Crippen LogP contribution in [0, 0.1) is 5.92 Å². The van der Waals surface area contributed by atoms with Gasteiger partial charge < -0.3 is 10.1 Å². The molecule has 108 valence electrons. The molecule has 0 unspecified atom stereocenters. The maximum atomic E-state index is 5.03. The van der Waals surface area contributed by atoms with Crippen LogP contribution in [0.1, 0.15) is 25.2 Å². The Morgan fingerprint density at radius 2 is 2.10 bits per heavy atom. The molecule has 2 heterocycles. The maximum absolute atomic E-state index is 5.03. The number of aromatic nitrogens is 4. The van der Waals surface area contributed by atoms with Crippen molar-refractivity contribution in [2.45, 2.75) is 33.5 Å². The van der Waals surface area contributed by atoms with Gasteiger partial charge in [0.15, 0.2) is 0 Å². The lowest BCUT2D eigenvalue weighted by Gasteiger charge is -2.09. The molecule has 0 aliphatic rings. The second kappa shape index (κ2) is 7.00. The summed E-state index contributed by atoms with van der Waals surface area (Å²) in [6, 6.07) is 3.86. The van der Waals surface area contributed by atoms with E-state index in [1.165, 1.54) is 0 Å². The molecule has 0 saturated carbocycles. The van der Waals surface area contributed by atoms with Gasteiger partial charge in [0.2, 0.25) is 5.88 Å². The molecule has 0 spiro atoms. The van der Waals surface area contributed by atoms with Gasteiger partial charge in [-0.1, -0.05) is 19.9 Å². The van der Waals surface area contributed by atoms with E-state index in [0.29, 0.717) is 18.3 Å². The van der Waals surface area contributed by atoms with Gasteiger partial charge >= 0.3 is 0 Å². The van der Waals surface area contributed by atoms with Crippen LogP contribution in [0.4, 0.5) is 0 Å². The number of rotatable bonds is 7. The monoisotopic (exact) mass is 275 g/mol. The highest BCUT2D eigenvalue weighted by molar-refractivity contribution is 5.17. The lowest BCUT2D eigenvalue weighted by molar-refractivity contribution is 0.397. The van der Waals surface area contributed by atoms with Crippen LogP contribution < -0.4 is 10.1 Å². The molecule has 2 aromatic rings. The van der Waals surface area contributed by atoms with Crippen molar-refractivity contribution < 1.29 is 4.74 Å². The molecule has 6 heteroatoms. The summed E-state index contributed by atoms with van der Waals surface area (Å²) in [5, 5.41) is 7.59. The van der Waals surface area contributed by atoms with Crippen LogP contribution in [0.25, 0.3) is 0 Å². The zero-order valence-corrected chi connectivity index (χ0v) is 12.2. The van der Waals surface area contributed by atoms with Gasteiger partial charge in [0.05, 0.1) is 13.7 Å². The van der Waals surface area contributed by atoms with E-state index in [0.717, 1.165) is 24.5 Å². The summed E-state index contributed by atoms with van der Waals surface area (Å²) in [7, 11) is 1.61. The molecule has 1 N–H and O–H groups in total. The molecule has 2 rings (SSSR count). The van der Waals surface area contributed by atoms with Crippen LogP contribution in [0.2, 0.25) is 0 Å². The zero-order valence-electron chi connectivity index (χ0n) is 12.2. The summed E-state index contributed by atoms with van der Waals surface area (Å²) >= 11 is 0. The smallest absolute Gasteiger partial charge is 0.212 e. The fourth-order valence-corrected chi connectivity index (χ4v) is 1.88. The number of nitrogens with zero attached hydrogens (tertiary/aromatic N) is 4. The van der Waals surface area contributed by atoms with Gasteiger partial charge in [-0.2, -0.15) is 5.10 Å². The van der Waals surface area contributed by atoms with Crippen molar-refractivity contribution in [3.63, 3.8) is 0 Å². The van der Waals surface area contributed by atoms with Crippen LogP contribution in [0.5, 0.6) is 5.88 Å². The Labute approximate surface area is 119 Å². The normalized spacial score (nSPS) is 11.0. The van der Waals surface area contributed by atoms with Gasteiger partial charge in [-0.05, 0) is 11.5 Å². The first-order valence-electron chi connectivity index (χ1n) is 6.75. The lowest BCUT2D eigenvalue weighted by atomic mass is 10.2. The van der Waals surface area contributed by atoms with E-state index in [1.54, 1.807) is 13.4 Å². The van der Waals surface area contributed by atoms with E-state index >= 15 is 0 Å². The second-order valence-corrected chi connectivity index (χ2v) is 5.06. The van der Waals surface area contributed by atoms with Gasteiger partial charge in [0, 0.05) is 25.4 Å². The van der Waals surface area contributed by atoms with E-state index in [4.69, 9.17) is 4.74 Å². The van der Waals surface area contributed by atoms with E-state index in [9.17, 15) is 0 Å². The number of hydrogen-bond acceptors (Lipinski definition) is 5. The maximum Gasteiger partial charge on any atom is 0.212 e. The van der Waals surface area contributed by atoms with E-state index in [-0.39, 0.29) is 0 Å². The molecule has 0 aliphatic carbocycles. The third-order valence-corrected chi connectivity index (χ3v) is 2.85. The van der Waals surface area contributed by atoms with E-state index in [1.807, 2.05) is 23.0 Å². The lowest BCUT2D eigenvalue weighted by Crippen LogP contribution is -2.18. The van der Waals surface area contributed by atoms with Crippen molar-refractivity contribution in [2.75, 3.05) is 7.11 Å². The highest BCUT2D eigenvalue weighted by Crippen LogP contribution is 2.06. The van der Waals surface area contributed by atoms with Crippen molar-refractivity contribution in [3.05, 3.63) is 36.0 Å². The molecule has 0 atom stereocenters. The number of nitrogens with one attached hydrogen (secondary N) is 1. The van der Waals surface area contributed by atoms with Gasteiger partial charge in [-0.25, -0.2) is 14.6 Å². The summed E-state index contributed by atoms with van der Waals surface area (Å²) in [5.74, 6) is 2.15. The molecule has 0 radical (unpaired) electrons. The molecule has 6 nitrogen and oxygen atoms in total. The predicted molar refractivity (Wildman–Crippen MR) is 76.2 cm³/mol. The van der Waals surface area contributed by atoms with Gasteiger partial charge in [0.25, 0.3) is 0 Å². The Hall–Kier alpha value is -1.95. The third-order valence-electron chi connectivity index (χ3n) is 2.85. The number of pyridine rings is 1. The number of ether oxygens (including phenoxy) is 1. The number of hydrogen-bond donors (Lipinski definition) is 1. The molecule has 0 bridgehead atoms. The Morgan fingerprint density at radius 3 is 2.75 bits per heavy atom. The summed E-state index contributed by atoms with van der Waals surface area (Å²) in [6.45, 7) is 6.66. The van der Waals surface area contributed by atoms with Crippen molar-refractivity contribution in [3.8, 4) is 5.88 Å². The van der Waals surface area contributed by atoms with Crippen LogP contribution in [0.15, 0.2) is 24.7 Å². The average molecular weight is 275 g/mol. The van der Waals surface area contributed by atoms with Crippen molar-refractivity contribution in [2.24, 2.45) is 5.92 Å². The minimum absolute atomic E-state index is 0.557. The Bertz CT molecular complexity index is 521.